The summed E-state index contributed by atoms with van der Waals surface area (Å²) in [6, 6.07) is 0. The topological polar surface area (TPSA) is 146 Å². The number of imidazole rings is 1. The average molecular weight is 337 g/mol. The maximum absolute atomic E-state index is 11.8. The molecule has 1 saturated heterocycles. The molecule has 2 aromatic heterocycles. The van der Waals surface area contributed by atoms with Crippen LogP contribution in [0.3, 0.4) is 0 Å². The molecule has 3 rings (SSSR count). The van der Waals surface area contributed by atoms with Crippen LogP contribution in [-0.4, -0.2) is 60.6 Å². The number of aromatic nitrogens is 4. The maximum atomic E-state index is 11.8. The van der Waals surface area contributed by atoms with Crippen LogP contribution in [0.5, 0.6) is 0 Å². The average Bonchev–Trinajstić information content (AvgIpc) is 3.10. The molecule has 0 spiro atoms. The Bertz CT molecular complexity index is 748. The Balaban J connectivity index is 1.91. The summed E-state index contributed by atoms with van der Waals surface area (Å²) < 4.78 is 12.4. The Labute approximate surface area is 137 Å². The zero-order chi connectivity index (χ0) is 17.4. The summed E-state index contributed by atoms with van der Waals surface area (Å²) in [5.41, 5.74) is 6.49. The van der Waals surface area contributed by atoms with Crippen LogP contribution in [0.25, 0.3) is 11.2 Å². The summed E-state index contributed by atoms with van der Waals surface area (Å²) in [5, 5.41) is 20.0. The van der Waals surface area contributed by atoms with E-state index in [9.17, 15) is 15.0 Å². The van der Waals surface area contributed by atoms with Gasteiger partial charge in [-0.25, -0.2) is 15.0 Å². The first-order valence-corrected chi connectivity index (χ1v) is 7.52. The molecule has 0 amide bonds. The van der Waals surface area contributed by atoms with Crippen LogP contribution in [0.4, 0.5) is 5.82 Å². The van der Waals surface area contributed by atoms with Gasteiger partial charge in [-0.05, 0) is 0 Å². The van der Waals surface area contributed by atoms with Crippen LogP contribution in [0.15, 0.2) is 12.7 Å². The number of rotatable bonds is 4. The lowest BCUT2D eigenvalue weighted by Crippen LogP contribution is -2.38. The molecule has 1 aliphatic rings. The van der Waals surface area contributed by atoms with Crippen LogP contribution in [-0.2, 0) is 14.3 Å². The highest BCUT2D eigenvalue weighted by molar-refractivity contribution is 5.81. The molecular weight excluding hydrogens is 318 g/mol. The van der Waals surface area contributed by atoms with Crippen molar-refractivity contribution >= 4 is 23.0 Å². The summed E-state index contributed by atoms with van der Waals surface area (Å²) >= 11 is 0. The first-order valence-electron chi connectivity index (χ1n) is 7.52. The number of nitrogens with two attached hydrogens (primary N) is 1. The van der Waals surface area contributed by atoms with Gasteiger partial charge in [0.1, 0.15) is 24.1 Å². The van der Waals surface area contributed by atoms with Crippen molar-refractivity contribution in [3.63, 3.8) is 0 Å². The number of aliphatic hydroxyl groups excluding tert-OH is 2. The van der Waals surface area contributed by atoms with Gasteiger partial charge in [-0.3, -0.25) is 9.36 Å². The van der Waals surface area contributed by atoms with Gasteiger partial charge in [-0.15, -0.1) is 0 Å². The van der Waals surface area contributed by atoms with E-state index in [0.717, 1.165) is 0 Å². The van der Waals surface area contributed by atoms with E-state index >= 15 is 0 Å². The van der Waals surface area contributed by atoms with Crippen molar-refractivity contribution in [1.29, 1.82) is 0 Å². The Kier molecular flexibility index (Phi) is 4.35. The van der Waals surface area contributed by atoms with E-state index in [1.165, 1.54) is 17.2 Å². The monoisotopic (exact) mass is 337 g/mol. The minimum absolute atomic E-state index is 0.202. The Morgan fingerprint density at radius 1 is 1.46 bits per heavy atom. The fourth-order valence-corrected chi connectivity index (χ4v) is 2.57. The van der Waals surface area contributed by atoms with Gasteiger partial charge in [0.05, 0.1) is 18.9 Å². The van der Waals surface area contributed by atoms with Gasteiger partial charge in [0.15, 0.2) is 23.8 Å². The molecule has 24 heavy (non-hydrogen) atoms. The van der Waals surface area contributed by atoms with Crippen LogP contribution >= 0.6 is 0 Å². The molecule has 0 aromatic carbocycles. The SMILES string of the molecule is CC(C)C(=O)O[C@H]1[C@@H](O)[C@H](n2cnc3c(N)ncnc32)O[C@@H]1CO. The van der Waals surface area contributed by atoms with Crippen molar-refractivity contribution in [2.75, 3.05) is 12.3 Å². The third kappa shape index (κ3) is 2.68. The number of hydrogen-bond acceptors (Lipinski definition) is 9. The number of nitrogen functional groups attached to an aromatic ring is 1. The largest absolute Gasteiger partial charge is 0.456 e. The minimum atomic E-state index is -1.20. The fraction of sp³-hybridized carbons (Fsp3) is 0.571. The van der Waals surface area contributed by atoms with Crippen molar-refractivity contribution < 1.29 is 24.5 Å². The van der Waals surface area contributed by atoms with Gasteiger partial charge >= 0.3 is 5.97 Å². The van der Waals surface area contributed by atoms with E-state index in [4.69, 9.17) is 15.2 Å². The van der Waals surface area contributed by atoms with Crippen LogP contribution in [0.2, 0.25) is 0 Å². The molecule has 4 N–H and O–H groups in total. The molecule has 10 nitrogen and oxygen atoms in total. The first-order chi connectivity index (χ1) is 11.4. The Hall–Kier alpha value is -2.30. The summed E-state index contributed by atoms with van der Waals surface area (Å²) in [4.78, 5) is 23.9. The molecule has 4 atom stereocenters. The zero-order valence-electron chi connectivity index (χ0n) is 13.2. The van der Waals surface area contributed by atoms with Crippen LogP contribution in [0.1, 0.15) is 20.1 Å². The highest BCUT2D eigenvalue weighted by Crippen LogP contribution is 2.33. The lowest BCUT2D eigenvalue weighted by molar-refractivity contribution is -0.160. The normalized spacial score (nSPS) is 27.0. The van der Waals surface area contributed by atoms with Gasteiger partial charge in [0.2, 0.25) is 0 Å². The van der Waals surface area contributed by atoms with Gasteiger partial charge < -0.3 is 25.4 Å². The smallest absolute Gasteiger partial charge is 0.308 e. The van der Waals surface area contributed by atoms with Crippen molar-refractivity contribution in [3.8, 4) is 0 Å². The molecule has 0 bridgehead atoms. The van der Waals surface area contributed by atoms with Crippen molar-refractivity contribution in [1.82, 2.24) is 19.5 Å². The number of hydrogen-bond donors (Lipinski definition) is 3. The molecule has 1 fully saturated rings. The number of ether oxygens (including phenoxy) is 2. The number of anilines is 1. The molecule has 3 heterocycles. The lowest BCUT2D eigenvalue weighted by Gasteiger charge is -2.20. The van der Waals surface area contributed by atoms with E-state index in [0.29, 0.717) is 11.2 Å². The second-order valence-electron chi connectivity index (χ2n) is 5.88. The number of aliphatic hydroxyl groups is 2. The predicted octanol–water partition coefficient (Wildman–Crippen LogP) is -0.773. The van der Waals surface area contributed by atoms with E-state index < -0.39 is 37.1 Å². The molecular formula is C14H19N5O5. The Morgan fingerprint density at radius 3 is 2.88 bits per heavy atom. The molecule has 0 unspecified atom stereocenters. The van der Waals surface area contributed by atoms with Gasteiger partial charge in [0, 0.05) is 0 Å². The van der Waals surface area contributed by atoms with Gasteiger partial charge in [-0.2, -0.15) is 0 Å². The standard InChI is InChI=1S/C14H19N5O5/c1-6(2)14(22)24-10-7(3-20)23-13(9(10)21)19-5-18-8-11(15)16-4-17-12(8)19/h4-7,9-10,13,20-21H,3H2,1-2H3,(H2,15,16,17)/t7-,9-,10-,13-/m1/s1. The molecule has 0 saturated carbocycles. The summed E-state index contributed by atoms with van der Waals surface area (Å²) in [6.07, 6.45) is -1.29. The number of carbonyl (C=O) groups is 1. The number of esters is 1. The number of fused-ring (bicyclic) bond motifs is 1. The molecule has 10 heteroatoms. The molecule has 2 aromatic rings. The van der Waals surface area contributed by atoms with Gasteiger partial charge in [-0.1, -0.05) is 13.8 Å². The van der Waals surface area contributed by atoms with E-state index in [1.807, 2.05) is 0 Å². The predicted molar refractivity (Wildman–Crippen MR) is 81.5 cm³/mol. The van der Waals surface area contributed by atoms with Crippen molar-refractivity contribution in [3.05, 3.63) is 12.7 Å². The third-order valence-corrected chi connectivity index (χ3v) is 3.87. The van der Waals surface area contributed by atoms with Crippen LogP contribution in [0, 0.1) is 5.92 Å². The molecule has 0 aliphatic carbocycles. The van der Waals surface area contributed by atoms with Crippen LogP contribution < -0.4 is 5.73 Å². The second kappa shape index (κ2) is 6.30. The highest BCUT2D eigenvalue weighted by atomic mass is 16.6. The first kappa shape index (κ1) is 16.6. The maximum Gasteiger partial charge on any atom is 0.308 e. The fourth-order valence-electron chi connectivity index (χ4n) is 2.57. The zero-order valence-corrected chi connectivity index (χ0v) is 13.2. The summed E-state index contributed by atoms with van der Waals surface area (Å²) in [5.74, 6) is -0.645. The second-order valence-corrected chi connectivity index (χ2v) is 5.88. The minimum Gasteiger partial charge on any atom is -0.456 e. The molecule has 1 aliphatic heterocycles. The van der Waals surface area contributed by atoms with Crippen molar-refractivity contribution in [2.24, 2.45) is 5.92 Å². The lowest BCUT2D eigenvalue weighted by atomic mass is 10.1. The third-order valence-electron chi connectivity index (χ3n) is 3.87. The number of nitrogens with zero attached hydrogens (tertiary/aromatic N) is 4. The summed E-state index contributed by atoms with van der Waals surface area (Å²) in [7, 11) is 0. The van der Waals surface area contributed by atoms with Gasteiger partial charge in [0.25, 0.3) is 0 Å². The highest BCUT2D eigenvalue weighted by Gasteiger charge is 2.47. The number of carbonyl (C=O) groups excluding carboxylic acids is 1. The van der Waals surface area contributed by atoms with E-state index in [2.05, 4.69) is 15.0 Å². The quantitative estimate of drug-likeness (QED) is 0.612. The van der Waals surface area contributed by atoms with E-state index in [1.54, 1.807) is 13.8 Å². The molecule has 0 radical (unpaired) electrons. The summed E-state index contributed by atoms with van der Waals surface area (Å²) in [6.45, 7) is 2.95. The van der Waals surface area contributed by atoms with Crippen molar-refractivity contribution in [2.45, 2.75) is 38.4 Å². The molecule has 130 valence electrons. The van der Waals surface area contributed by atoms with E-state index in [-0.39, 0.29) is 11.7 Å². The Morgan fingerprint density at radius 2 is 2.21 bits per heavy atom.